The van der Waals surface area contributed by atoms with Crippen molar-refractivity contribution < 1.29 is 8.78 Å². The van der Waals surface area contributed by atoms with E-state index in [0.29, 0.717) is 16.5 Å². The van der Waals surface area contributed by atoms with Gasteiger partial charge in [-0.15, -0.1) is 0 Å². The summed E-state index contributed by atoms with van der Waals surface area (Å²) in [6.45, 7) is 0.0435. The van der Waals surface area contributed by atoms with E-state index in [0.717, 1.165) is 10.6 Å². The molecule has 0 unspecified atom stereocenters. The highest BCUT2D eigenvalue weighted by atomic mass is 19.1. The Morgan fingerprint density at radius 1 is 1.00 bits per heavy atom. The smallest absolute Gasteiger partial charge is 0.307 e. The van der Waals surface area contributed by atoms with Crippen molar-refractivity contribution in [3.8, 4) is 0 Å². The average Bonchev–Trinajstić information content (AvgIpc) is 2.46. The van der Waals surface area contributed by atoms with Gasteiger partial charge in [-0.25, -0.2) is 13.6 Å². The summed E-state index contributed by atoms with van der Waals surface area (Å²) >= 11 is 0. The molecule has 0 aliphatic carbocycles. The normalized spacial score (nSPS) is 11.0. The first-order valence-corrected chi connectivity index (χ1v) is 6.71. The quantitative estimate of drug-likeness (QED) is 0.806. The minimum atomic E-state index is -0.685. The van der Waals surface area contributed by atoms with Crippen molar-refractivity contribution in [3.63, 3.8) is 0 Å². The lowest BCUT2D eigenvalue weighted by atomic mass is 10.1. The molecule has 0 aliphatic heterocycles. The number of nitrogens with one attached hydrogen (secondary N) is 1. The fourth-order valence-corrected chi connectivity index (χ4v) is 2.40. The van der Waals surface area contributed by atoms with Gasteiger partial charge < -0.3 is 4.98 Å². The predicted molar refractivity (Wildman–Crippen MR) is 78.9 cm³/mol. The Kier molecular flexibility index (Phi) is 3.58. The van der Waals surface area contributed by atoms with Crippen LogP contribution in [0.5, 0.6) is 0 Å². The van der Waals surface area contributed by atoms with Crippen LogP contribution in [0.3, 0.4) is 0 Å². The zero-order chi connectivity index (χ0) is 15.7. The van der Waals surface area contributed by atoms with E-state index in [2.05, 4.69) is 4.98 Å². The van der Waals surface area contributed by atoms with E-state index in [-0.39, 0.29) is 13.0 Å². The summed E-state index contributed by atoms with van der Waals surface area (Å²) in [5.74, 6) is -1.37. The Hall–Kier alpha value is -2.76. The Labute approximate surface area is 123 Å². The van der Waals surface area contributed by atoms with E-state index in [1.54, 1.807) is 24.3 Å². The van der Waals surface area contributed by atoms with Crippen LogP contribution in [0.2, 0.25) is 0 Å². The minimum Gasteiger partial charge on any atom is -0.307 e. The van der Waals surface area contributed by atoms with Gasteiger partial charge in [0.15, 0.2) is 0 Å². The van der Waals surface area contributed by atoms with Crippen LogP contribution >= 0.6 is 0 Å². The second kappa shape index (κ2) is 5.55. The Balaban J connectivity index is 1.97. The van der Waals surface area contributed by atoms with E-state index >= 15 is 0 Å². The van der Waals surface area contributed by atoms with Gasteiger partial charge in [-0.05, 0) is 36.2 Å². The molecule has 0 saturated heterocycles. The third kappa shape index (κ3) is 2.67. The van der Waals surface area contributed by atoms with Crippen LogP contribution in [0.25, 0.3) is 10.9 Å². The summed E-state index contributed by atoms with van der Waals surface area (Å²) < 4.78 is 27.3. The molecule has 0 atom stereocenters. The number of aromatic nitrogens is 2. The molecule has 112 valence electrons. The molecular weight excluding hydrogens is 290 g/mol. The number of fused-ring (bicyclic) bond motifs is 1. The lowest BCUT2D eigenvalue weighted by molar-refractivity contribution is 0.573. The molecule has 0 saturated carbocycles. The van der Waals surface area contributed by atoms with E-state index in [1.807, 2.05) is 0 Å². The van der Waals surface area contributed by atoms with Gasteiger partial charge in [0.05, 0.1) is 10.9 Å². The zero-order valence-electron chi connectivity index (χ0n) is 11.5. The number of hydrogen-bond acceptors (Lipinski definition) is 2. The van der Waals surface area contributed by atoms with Crippen molar-refractivity contribution in [2.75, 3.05) is 0 Å². The molecule has 0 bridgehead atoms. The number of aryl methyl sites for hydroxylation is 1. The first kappa shape index (κ1) is 14.2. The summed E-state index contributed by atoms with van der Waals surface area (Å²) in [6.07, 6.45) is 0.177. The number of para-hydroxylation sites is 1. The van der Waals surface area contributed by atoms with Crippen LogP contribution in [0.15, 0.2) is 52.1 Å². The van der Waals surface area contributed by atoms with Gasteiger partial charge in [-0.1, -0.05) is 12.1 Å². The first-order chi connectivity index (χ1) is 10.5. The Morgan fingerprint density at radius 2 is 1.68 bits per heavy atom. The fourth-order valence-electron chi connectivity index (χ4n) is 2.40. The van der Waals surface area contributed by atoms with Crippen molar-refractivity contribution in [1.82, 2.24) is 9.55 Å². The zero-order valence-corrected chi connectivity index (χ0v) is 11.5. The maximum absolute atomic E-state index is 13.1. The number of hydrogen-bond donors (Lipinski definition) is 1. The lowest BCUT2D eigenvalue weighted by Gasteiger charge is -2.07. The average molecular weight is 302 g/mol. The SMILES string of the molecule is O=c1[nH]c2ccccc2c(=O)n1CCc1cc(F)cc(F)c1. The highest BCUT2D eigenvalue weighted by Crippen LogP contribution is 2.09. The largest absolute Gasteiger partial charge is 0.328 e. The van der Waals surface area contributed by atoms with Gasteiger partial charge in [0.25, 0.3) is 5.56 Å². The number of nitrogens with zero attached hydrogens (tertiary/aromatic N) is 1. The number of aromatic amines is 1. The second-order valence-electron chi connectivity index (χ2n) is 4.96. The second-order valence-corrected chi connectivity index (χ2v) is 4.96. The molecule has 6 heteroatoms. The highest BCUT2D eigenvalue weighted by molar-refractivity contribution is 5.76. The molecule has 3 aromatic rings. The molecule has 2 aromatic carbocycles. The van der Waals surface area contributed by atoms with Crippen LogP contribution in [0, 0.1) is 11.6 Å². The summed E-state index contributed by atoms with van der Waals surface area (Å²) in [7, 11) is 0. The highest BCUT2D eigenvalue weighted by Gasteiger charge is 2.08. The van der Waals surface area contributed by atoms with Gasteiger partial charge in [0.2, 0.25) is 0 Å². The molecule has 1 N–H and O–H groups in total. The van der Waals surface area contributed by atoms with Gasteiger partial charge in [-0.2, -0.15) is 0 Å². The predicted octanol–water partition coefficient (Wildman–Crippen LogP) is 2.21. The van der Waals surface area contributed by atoms with Crippen LogP contribution in [0.4, 0.5) is 8.78 Å². The molecule has 0 fully saturated rings. The summed E-state index contributed by atoms with van der Waals surface area (Å²) in [5, 5.41) is 0.396. The fraction of sp³-hybridized carbons (Fsp3) is 0.125. The van der Waals surface area contributed by atoms with Crippen molar-refractivity contribution in [2.24, 2.45) is 0 Å². The van der Waals surface area contributed by atoms with Gasteiger partial charge in [0.1, 0.15) is 11.6 Å². The van der Waals surface area contributed by atoms with Crippen molar-refractivity contribution in [2.45, 2.75) is 13.0 Å². The third-order valence-corrected chi connectivity index (χ3v) is 3.44. The molecule has 4 nitrogen and oxygen atoms in total. The topological polar surface area (TPSA) is 54.9 Å². The van der Waals surface area contributed by atoms with E-state index in [9.17, 15) is 18.4 Å². The van der Waals surface area contributed by atoms with Crippen molar-refractivity contribution in [3.05, 3.63) is 80.5 Å². The molecule has 1 heterocycles. The molecule has 1 aromatic heterocycles. The van der Waals surface area contributed by atoms with Gasteiger partial charge >= 0.3 is 5.69 Å². The number of rotatable bonds is 3. The van der Waals surface area contributed by atoms with Crippen LogP contribution in [-0.2, 0) is 13.0 Å². The Morgan fingerprint density at radius 3 is 2.41 bits per heavy atom. The molecule has 22 heavy (non-hydrogen) atoms. The van der Waals surface area contributed by atoms with Crippen LogP contribution < -0.4 is 11.2 Å². The van der Waals surface area contributed by atoms with Crippen molar-refractivity contribution >= 4 is 10.9 Å². The van der Waals surface area contributed by atoms with Gasteiger partial charge in [0, 0.05) is 12.6 Å². The van der Waals surface area contributed by atoms with E-state index in [4.69, 9.17) is 0 Å². The maximum atomic E-state index is 13.1. The molecule has 0 amide bonds. The van der Waals surface area contributed by atoms with E-state index in [1.165, 1.54) is 12.1 Å². The Bertz CT molecular complexity index is 940. The molecule has 0 radical (unpaired) electrons. The van der Waals surface area contributed by atoms with Crippen LogP contribution in [-0.4, -0.2) is 9.55 Å². The molecule has 3 rings (SSSR count). The third-order valence-electron chi connectivity index (χ3n) is 3.44. The van der Waals surface area contributed by atoms with Crippen molar-refractivity contribution in [1.29, 1.82) is 0 Å². The number of halogens is 2. The van der Waals surface area contributed by atoms with Gasteiger partial charge in [-0.3, -0.25) is 9.36 Å². The monoisotopic (exact) mass is 302 g/mol. The molecule has 0 aliphatic rings. The minimum absolute atomic E-state index is 0.0435. The standard InChI is InChI=1S/C16H12F2N2O2/c17-11-7-10(8-12(18)9-11)5-6-20-15(21)13-3-1-2-4-14(13)19-16(20)22/h1-4,7-9H,5-6H2,(H,19,22). The lowest BCUT2D eigenvalue weighted by Crippen LogP contribution is -2.35. The number of benzene rings is 2. The maximum Gasteiger partial charge on any atom is 0.328 e. The molecular formula is C16H12F2N2O2. The van der Waals surface area contributed by atoms with E-state index < -0.39 is 22.9 Å². The summed E-state index contributed by atoms with van der Waals surface area (Å²) in [5.41, 5.74) is -0.112. The molecule has 0 spiro atoms. The number of H-pyrrole nitrogens is 1. The summed E-state index contributed by atoms with van der Waals surface area (Å²) in [4.78, 5) is 26.9. The van der Waals surface area contributed by atoms with Crippen LogP contribution in [0.1, 0.15) is 5.56 Å². The first-order valence-electron chi connectivity index (χ1n) is 6.71. The summed E-state index contributed by atoms with van der Waals surface area (Å²) in [6, 6.07) is 9.83.